The van der Waals surface area contributed by atoms with Gasteiger partial charge >= 0.3 is 0 Å². The summed E-state index contributed by atoms with van der Waals surface area (Å²) >= 11 is 0. The van der Waals surface area contributed by atoms with E-state index in [4.69, 9.17) is 4.98 Å². The fraction of sp³-hybridized carbons (Fsp3) is 0.571. The summed E-state index contributed by atoms with van der Waals surface area (Å²) in [6.07, 6.45) is 7.47. The summed E-state index contributed by atoms with van der Waals surface area (Å²) in [7, 11) is 0. The van der Waals surface area contributed by atoms with Gasteiger partial charge in [-0.25, -0.2) is 4.98 Å². The van der Waals surface area contributed by atoms with E-state index in [1.54, 1.807) is 0 Å². The van der Waals surface area contributed by atoms with E-state index in [0.717, 1.165) is 37.0 Å². The van der Waals surface area contributed by atoms with Gasteiger partial charge < -0.3 is 5.32 Å². The van der Waals surface area contributed by atoms with Crippen LogP contribution in [0.1, 0.15) is 70.7 Å². The van der Waals surface area contributed by atoms with Gasteiger partial charge in [0.2, 0.25) is 5.91 Å². The van der Waals surface area contributed by atoms with Crippen molar-refractivity contribution in [2.24, 2.45) is 0 Å². The monoisotopic (exact) mass is 355 g/mol. The molecule has 0 radical (unpaired) electrons. The highest BCUT2D eigenvalue weighted by Crippen LogP contribution is 2.34. The molecule has 1 fully saturated rings. The molecule has 0 saturated heterocycles. The van der Waals surface area contributed by atoms with Crippen molar-refractivity contribution in [2.45, 2.75) is 77.3 Å². The summed E-state index contributed by atoms with van der Waals surface area (Å²) in [5.41, 5.74) is 0.749. The Hall–Kier alpha value is -2.17. The number of amides is 1. The standard InChI is InChI=1S/C21H29N3O2/c1-3-4-5-8-15(2)22-20(25)14-13-19-23-18-10-7-6-9-17(18)21(26)24(19)16-11-12-16/h6-7,9-10,15-16H,3-5,8,11-14H2,1-2H3,(H,22,25). The lowest BCUT2D eigenvalue weighted by molar-refractivity contribution is -0.121. The van der Waals surface area contributed by atoms with E-state index in [-0.39, 0.29) is 23.6 Å². The van der Waals surface area contributed by atoms with Crippen molar-refractivity contribution in [3.63, 3.8) is 0 Å². The van der Waals surface area contributed by atoms with Crippen LogP contribution in [0.2, 0.25) is 0 Å². The molecular formula is C21H29N3O2. The molecule has 1 N–H and O–H groups in total. The van der Waals surface area contributed by atoms with Crippen molar-refractivity contribution in [1.82, 2.24) is 14.9 Å². The van der Waals surface area contributed by atoms with Crippen LogP contribution in [0.25, 0.3) is 10.9 Å². The Bertz CT molecular complexity index is 824. The minimum atomic E-state index is 0.0291. The van der Waals surface area contributed by atoms with Crippen molar-refractivity contribution in [3.8, 4) is 0 Å². The number of aromatic nitrogens is 2. The van der Waals surface area contributed by atoms with Gasteiger partial charge in [0.25, 0.3) is 5.56 Å². The molecule has 2 aromatic rings. The fourth-order valence-electron chi connectivity index (χ4n) is 3.42. The number of nitrogens with zero attached hydrogens (tertiary/aromatic N) is 2. The maximum absolute atomic E-state index is 12.8. The quantitative estimate of drug-likeness (QED) is 0.697. The first-order valence-electron chi connectivity index (χ1n) is 9.89. The van der Waals surface area contributed by atoms with Crippen molar-refractivity contribution >= 4 is 16.8 Å². The van der Waals surface area contributed by atoms with Gasteiger partial charge in [-0.15, -0.1) is 0 Å². The Morgan fingerprint density at radius 2 is 2.08 bits per heavy atom. The summed E-state index contributed by atoms with van der Waals surface area (Å²) in [5, 5.41) is 3.74. The second-order valence-electron chi connectivity index (χ2n) is 7.42. The second-order valence-corrected chi connectivity index (χ2v) is 7.42. The molecule has 0 aliphatic heterocycles. The Kier molecular flexibility index (Phi) is 6.07. The molecule has 26 heavy (non-hydrogen) atoms. The third-order valence-corrected chi connectivity index (χ3v) is 5.02. The predicted molar refractivity (Wildman–Crippen MR) is 104 cm³/mol. The topological polar surface area (TPSA) is 64.0 Å². The summed E-state index contributed by atoms with van der Waals surface area (Å²) in [4.78, 5) is 29.8. The Morgan fingerprint density at radius 3 is 2.81 bits per heavy atom. The average Bonchev–Trinajstić information content (AvgIpc) is 3.45. The molecule has 1 heterocycles. The molecular weight excluding hydrogens is 326 g/mol. The second kappa shape index (κ2) is 8.47. The number of carbonyl (C=O) groups excluding carboxylic acids is 1. The number of carbonyl (C=O) groups is 1. The number of fused-ring (bicyclic) bond motifs is 1. The lowest BCUT2D eigenvalue weighted by atomic mass is 10.1. The van der Waals surface area contributed by atoms with Gasteiger partial charge in [0.1, 0.15) is 5.82 Å². The predicted octanol–water partition coefficient (Wildman–Crippen LogP) is 3.75. The van der Waals surface area contributed by atoms with Gasteiger partial charge in [0, 0.05) is 24.9 Å². The van der Waals surface area contributed by atoms with E-state index in [2.05, 4.69) is 19.2 Å². The fourth-order valence-corrected chi connectivity index (χ4v) is 3.42. The molecule has 1 saturated carbocycles. The van der Waals surface area contributed by atoms with Crippen LogP contribution in [-0.2, 0) is 11.2 Å². The lowest BCUT2D eigenvalue weighted by Gasteiger charge is -2.15. The molecule has 1 aliphatic rings. The van der Waals surface area contributed by atoms with Gasteiger partial charge in [-0.3, -0.25) is 14.2 Å². The number of rotatable bonds is 9. The molecule has 1 atom stereocenters. The van der Waals surface area contributed by atoms with E-state index < -0.39 is 0 Å². The van der Waals surface area contributed by atoms with Crippen LogP contribution in [0.3, 0.4) is 0 Å². The molecule has 0 bridgehead atoms. The zero-order valence-corrected chi connectivity index (χ0v) is 15.8. The van der Waals surface area contributed by atoms with Gasteiger partial charge in [0.05, 0.1) is 10.9 Å². The Balaban J connectivity index is 1.68. The first kappa shape index (κ1) is 18.6. The molecule has 1 aliphatic carbocycles. The summed E-state index contributed by atoms with van der Waals surface area (Å²) in [5.74, 6) is 0.781. The van der Waals surface area contributed by atoms with E-state index in [0.29, 0.717) is 18.2 Å². The van der Waals surface area contributed by atoms with Gasteiger partial charge in [-0.1, -0.05) is 38.3 Å². The zero-order valence-electron chi connectivity index (χ0n) is 15.8. The van der Waals surface area contributed by atoms with Crippen LogP contribution in [0, 0.1) is 0 Å². The maximum Gasteiger partial charge on any atom is 0.261 e. The number of nitrogens with one attached hydrogen (secondary N) is 1. The number of unbranched alkanes of at least 4 members (excludes halogenated alkanes) is 2. The Morgan fingerprint density at radius 1 is 1.31 bits per heavy atom. The summed E-state index contributed by atoms with van der Waals surface area (Å²) < 4.78 is 1.82. The van der Waals surface area contributed by atoms with Crippen molar-refractivity contribution in [1.29, 1.82) is 0 Å². The maximum atomic E-state index is 12.8. The van der Waals surface area contributed by atoms with Crippen LogP contribution in [0.5, 0.6) is 0 Å². The number of benzene rings is 1. The van der Waals surface area contributed by atoms with Crippen LogP contribution in [-0.4, -0.2) is 21.5 Å². The largest absolute Gasteiger partial charge is 0.354 e. The SMILES string of the molecule is CCCCCC(C)NC(=O)CCc1nc2ccccc2c(=O)n1C1CC1. The average molecular weight is 355 g/mol. The number of hydrogen-bond donors (Lipinski definition) is 1. The molecule has 3 rings (SSSR count). The van der Waals surface area contributed by atoms with E-state index >= 15 is 0 Å². The van der Waals surface area contributed by atoms with Crippen molar-refractivity contribution in [3.05, 3.63) is 40.4 Å². The number of para-hydroxylation sites is 1. The molecule has 1 aromatic heterocycles. The first-order valence-corrected chi connectivity index (χ1v) is 9.89. The van der Waals surface area contributed by atoms with Crippen LogP contribution >= 0.6 is 0 Å². The highest BCUT2D eigenvalue weighted by molar-refractivity contribution is 5.78. The minimum absolute atomic E-state index is 0.0291. The van der Waals surface area contributed by atoms with Crippen molar-refractivity contribution in [2.75, 3.05) is 0 Å². The highest BCUT2D eigenvalue weighted by Gasteiger charge is 2.28. The van der Waals surface area contributed by atoms with Gasteiger partial charge in [0.15, 0.2) is 0 Å². The summed E-state index contributed by atoms with van der Waals surface area (Å²) in [6.45, 7) is 4.24. The summed E-state index contributed by atoms with van der Waals surface area (Å²) in [6, 6.07) is 7.92. The molecule has 1 aromatic carbocycles. The third kappa shape index (κ3) is 4.51. The minimum Gasteiger partial charge on any atom is -0.354 e. The third-order valence-electron chi connectivity index (χ3n) is 5.02. The van der Waals surface area contributed by atoms with E-state index in [9.17, 15) is 9.59 Å². The van der Waals surface area contributed by atoms with Crippen molar-refractivity contribution < 1.29 is 4.79 Å². The molecule has 140 valence electrons. The normalized spacial score (nSPS) is 15.2. The van der Waals surface area contributed by atoms with Gasteiger partial charge in [-0.05, 0) is 38.3 Å². The van der Waals surface area contributed by atoms with Crippen LogP contribution in [0.15, 0.2) is 29.1 Å². The Labute approximate surface area is 154 Å². The van der Waals surface area contributed by atoms with Gasteiger partial charge in [-0.2, -0.15) is 0 Å². The first-order chi connectivity index (χ1) is 12.6. The molecule has 0 spiro atoms. The highest BCUT2D eigenvalue weighted by atomic mass is 16.1. The van der Waals surface area contributed by atoms with Crippen LogP contribution in [0.4, 0.5) is 0 Å². The van der Waals surface area contributed by atoms with Crippen LogP contribution < -0.4 is 10.9 Å². The van der Waals surface area contributed by atoms with E-state index in [1.807, 2.05) is 28.8 Å². The lowest BCUT2D eigenvalue weighted by Crippen LogP contribution is -2.33. The number of aryl methyl sites for hydroxylation is 1. The molecule has 5 nitrogen and oxygen atoms in total. The molecule has 5 heteroatoms. The molecule has 1 amide bonds. The zero-order chi connectivity index (χ0) is 18.5. The van der Waals surface area contributed by atoms with E-state index in [1.165, 1.54) is 12.8 Å². The number of hydrogen-bond acceptors (Lipinski definition) is 3. The molecule has 1 unspecified atom stereocenters. The smallest absolute Gasteiger partial charge is 0.261 e.